The molecule has 2 aliphatic heterocycles. The molecular formula is C18H24N4O4. The van der Waals surface area contributed by atoms with Crippen molar-refractivity contribution in [3.63, 3.8) is 0 Å². The van der Waals surface area contributed by atoms with Crippen LogP contribution in [0.3, 0.4) is 0 Å². The van der Waals surface area contributed by atoms with E-state index in [9.17, 15) is 14.4 Å². The third-order valence-corrected chi connectivity index (χ3v) is 4.76. The number of hydrogen-bond donors (Lipinski definition) is 1. The molecule has 4 amide bonds. The highest BCUT2D eigenvalue weighted by atomic mass is 16.5. The summed E-state index contributed by atoms with van der Waals surface area (Å²) in [7, 11) is 1.59. The van der Waals surface area contributed by atoms with Crippen molar-refractivity contribution in [3.8, 4) is 5.75 Å². The maximum absolute atomic E-state index is 12.3. The summed E-state index contributed by atoms with van der Waals surface area (Å²) in [5, 5.41) is 2.85. The van der Waals surface area contributed by atoms with E-state index in [1.54, 1.807) is 46.1 Å². The summed E-state index contributed by atoms with van der Waals surface area (Å²) in [6, 6.07) is 6.95. The molecule has 0 spiro atoms. The fourth-order valence-corrected chi connectivity index (χ4v) is 3.17. The molecule has 2 fully saturated rings. The summed E-state index contributed by atoms with van der Waals surface area (Å²) >= 11 is 0. The highest BCUT2D eigenvalue weighted by molar-refractivity contribution is 5.90. The van der Waals surface area contributed by atoms with Crippen LogP contribution in [-0.2, 0) is 9.59 Å². The number of carbonyl (C=O) groups excluding carboxylic acids is 3. The van der Waals surface area contributed by atoms with Crippen molar-refractivity contribution < 1.29 is 19.1 Å². The van der Waals surface area contributed by atoms with Gasteiger partial charge in [0.15, 0.2) is 0 Å². The number of likely N-dealkylation sites (tertiary alicyclic amines) is 1. The number of ether oxygens (including phenoxy) is 1. The van der Waals surface area contributed by atoms with Gasteiger partial charge in [-0.15, -0.1) is 0 Å². The average molecular weight is 360 g/mol. The third kappa shape index (κ3) is 4.25. The van der Waals surface area contributed by atoms with Gasteiger partial charge in [-0.1, -0.05) is 0 Å². The Bertz CT molecular complexity index is 668. The van der Waals surface area contributed by atoms with Crippen molar-refractivity contribution in [2.24, 2.45) is 0 Å². The normalized spacial score (nSPS) is 17.4. The molecule has 140 valence electrons. The lowest BCUT2D eigenvalue weighted by Crippen LogP contribution is -2.53. The van der Waals surface area contributed by atoms with E-state index in [0.717, 1.165) is 12.2 Å². The summed E-state index contributed by atoms with van der Waals surface area (Å²) in [5.41, 5.74) is 0.696. The van der Waals surface area contributed by atoms with E-state index in [4.69, 9.17) is 4.74 Å². The monoisotopic (exact) mass is 360 g/mol. The zero-order valence-corrected chi connectivity index (χ0v) is 14.9. The number of nitrogens with one attached hydrogen (secondary N) is 1. The quantitative estimate of drug-likeness (QED) is 0.868. The van der Waals surface area contributed by atoms with Gasteiger partial charge < -0.3 is 24.8 Å². The molecule has 1 aromatic carbocycles. The lowest BCUT2D eigenvalue weighted by atomic mass is 10.3. The summed E-state index contributed by atoms with van der Waals surface area (Å²) in [5.74, 6) is 0.734. The molecule has 8 heteroatoms. The number of benzene rings is 1. The molecule has 3 rings (SSSR count). The molecule has 0 saturated carbocycles. The summed E-state index contributed by atoms with van der Waals surface area (Å²) < 4.78 is 5.09. The Kier molecular flexibility index (Phi) is 5.60. The first-order valence-electron chi connectivity index (χ1n) is 8.82. The first-order valence-corrected chi connectivity index (χ1v) is 8.82. The molecule has 26 heavy (non-hydrogen) atoms. The first-order chi connectivity index (χ1) is 12.6. The van der Waals surface area contributed by atoms with Crippen LogP contribution >= 0.6 is 0 Å². The molecule has 2 aliphatic rings. The first kappa shape index (κ1) is 18.0. The molecule has 2 heterocycles. The molecule has 0 aliphatic carbocycles. The number of methoxy groups -OCH3 is 1. The smallest absolute Gasteiger partial charge is 0.321 e. The number of carbonyl (C=O) groups is 3. The summed E-state index contributed by atoms with van der Waals surface area (Å²) in [6.07, 6.45) is 1.36. The molecule has 2 saturated heterocycles. The van der Waals surface area contributed by atoms with Crippen molar-refractivity contribution in [2.75, 3.05) is 51.7 Å². The maximum atomic E-state index is 12.3. The van der Waals surface area contributed by atoms with Crippen molar-refractivity contribution >= 4 is 23.5 Å². The lowest BCUT2D eigenvalue weighted by Gasteiger charge is -2.35. The molecule has 0 unspecified atom stereocenters. The van der Waals surface area contributed by atoms with Gasteiger partial charge in [0.2, 0.25) is 11.8 Å². The third-order valence-electron chi connectivity index (χ3n) is 4.76. The molecule has 8 nitrogen and oxygen atoms in total. The van der Waals surface area contributed by atoms with E-state index < -0.39 is 0 Å². The molecule has 0 aromatic heterocycles. The second-order valence-corrected chi connectivity index (χ2v) is 6.45. The number of hydrogen-bond acceptors (Lipinski definition) is 4. The molecule has 0 atom stereocenters. The standard InChI is InChI=1S/C18H24N4O4/c1-26-15-6-4-14(5-7-15)19-18(25)21-11-9-20(10-12-21)17(24)13-22-8-2-3-16(22)23/h4-7H,2-3,8-13H2,1H3,(H,19,25). The molecule has 1 aromatic rings. The molecule has 1 N–H and O–H groups in total. The lowest BCUT2D eigenvalue weighted by molar-refractivity contribution is -0.139. The van der Waals surface area contributed by atoms with Crippen LogP contribution in [0.2, 0.25) is 0 Å². The van der Waals surface area contributed by atoms with Gasteiger partial charge in [0.1, 0.15) is 5.75 Å². The van der Waals surface area contributed by atoms with E-state index in [1.165, 1.54) is 0 Å². The van der Waals surface area contributed by atoms with Gasteiger partial charge in [-0.05, 0) is 30.7 Å². The van der Waals surface area contributed by atoms with Gasteiger partial charge in [0.05, 0.1) is 13.7 Å². The molecule has 0 radical (unpaired) electrons. The largest absolute Gasteiger partial charge is 0.497 e. The van der Waals surface area contributed by atoms with Gasteiger partial charge >= 0.3 is 6.03 Å². The Morgan fingerprint density at radius 2 is 1.69 bits per heavy atom. The maximum Gasteiger partial charge on any atom is 0.321 e. The minimum atomic E-state index is -0.183. The van der Waals surface area contributed by atoms with Gasteiger partial charge in [-0.25, -0.2) is 4.79 Å². The Labute approximate surface area is 152 Å². The number of nitrogens with zero attached hydrogens (tertiary/aromatic N) is 3. The van der Waals surface area contributed by atoms with Crippen LogP contribution < -0.4 is 10.1 Å². The van der Waals surface area contributed by atoms with Crippen LogP contribution in [-0.4, -0.2) is 78.9 Å². The van der Waals surface area contributed by atoms with Crippen LogP contribution in [0.15, 0.2) is 24.3 Å². The SMILES string of the molecule is COc1ccc(NC(=O)N2CCN(C(=O)CN3CCCC3=O)CC2)cc1. The van der Waals surface area contributed by atoms with Gasteiger partial charge in [0.25, 0.3) is 0 Å². The van der Waals surface area contributed by atoms with Gasteiger partial charge in [-0.2, -0.15) is 0 Å². The van der Waals surface area contributed by atoms with Crippen molar-refractivity contribution in [2.45, 2.75) is 12.8 Å². The van der Waals surface area contributed by atoms with Crippen LogP contribution in [0.25, 0.3) is 0 Å². The highest BCUT2D eigenvalue weighted by Gasteiger charge is 2.28. The van der Waals surface area contributed by atoms with Crippen LogP contribution in [0.5, 0.6) is 5.75 Å². The Hall–Kier alpha value is -2.77. The zero-order chi connectivity index (χ0) is 18.5. The van der Waals surface area contributed by atoms with Crippen molar-refractivity contribution in [1.29, 1.82) is 0 Å². The Balaban J connectivity index is 1.45. The fraction of sp³-hybridized carbons (Fsp3) is 0.500. The summed E-state index contributed by atoms with van der Waals surface area (Å²) in [4.78, 5) is 41.3. The minimum absolute atomic E-state index is 0.0459. The van der Waals surface area contributed by atoms with Gasteiger partial charge in [-0.3, -0.25) is 9.59 Å². The van der Waals surface area contributed by atoms with Crippen molar-refractivity contribution in [3.05, 3.63) is 24.3 Å². The minimum Gasteiger partial charge on any atom is -0.497 e. The number of urea groups is 1. The second kappa shape index (κ2) is 8.07. The summed E-state index contributed by atoms with van der Waals surface area (Å²) in [6.45, 7) is 2.73. The number of anilines is 1. The fourth-order valence-electron chi connectivity index (χ4n) is 3.17. The second-order valence-electron chi connectivity index (χ2n) is 6.45. The topological polar surface area (TPSA) is 82.2 Å². The molecule has 0 bridgehead atoms. The predicted molar refractivity (Wildman–Crippen MR) is 96.0 cm³/mol. The number of amides is 4. The van der Waals surface area contributed by atoms with E-state index >= 15 is 0 Å². The zero-order valence-electron chi connectivity index (χ0n) is 14.9. The van der Waals surface area contributed by atoms with E-state index in [-0.39, 0.29) is 24.4 Å². The number of rotatable bonds is 4. The van der Waals surface area contributed by atoms with Crippen LogP contribution in [0.4, 0.5) is 10.5 Å². The number of piperazine rings is 1. The average Bonchev–Trinajstić information content (AvgIpc) is 3.07. The Morgan fingerprint density at radius 3 is 2.27 bits per heavy atom. The van der Waals surface area contributed by atoms with E-state index in [2.05, 4.69) is 5.32 Å². The van der Waals surface area contributed by atoms with Gasteiger partial charge in [0, 0.05) is 44.8 Å². The highest BCUT2D eigenvalue weighted by Crippen LogP contribution is 2.16. The Morgan fingerprint density at radius 1 is 1.04 bits per heavy atom. The van der Waals surface area contributed by atoms with Crippen LogP contribution in [0, 0.1) is 0 Å². The van der Waals surface area contributed by atoms with Crippen LogP contribution in [0.1, 0.15) is 12.8 Å². The van der Waals surface area contributed by atoms with E-state index in [0.29, 0.717) is 44.8 Å². The predicted octanol–water partition coefficient (Wildman–Crippen LogP) is 0.994. The van der Waals surface area contributed by atoms with E-state index in [1.807, 2.05) is 0 Å². The molecular weight excluding hydrogens is 336 g/mol. The van der Waals surface area contributed by atoms with Crippen molar-refractivity contribution in [1.82, 2.24) is 14.7 Å².